The van der Waals surface area contributed by atoms with Gasteiger partial charge in [-0.2, -0.15) is 0 Å². The molecule has 5 nitrogen and oxygen atoms in total. The second kappa shape index (κ2) is 6.57. The van der Waals surface area contributed by atoms with Crippen LogP contribution in [0.3, 0.4) is 0 Å². The molecule has 0 aromatic heterocycles. The fraction of sp³-hybridized carbons (Fsp3) is 0.867. The summed E-state index contributed by atoms with van der Waals surface area (Å²) in [6.45, 7) is 12.8. The number of carbonyl (C=O) groups excluding carboxylic acids is 2. The molecule has 2 atom stereocenters. The molecule has 1 aliphatic heterocycles. The van der Waals surface area contributed by atoms with Gasteiger partial charge in [0.25, 0.3) is 0 Å². The van der Waals surface area contributed by atoms with E-state index in [2.05, 4.69) is 5.32 Å². The van der Waals surface area contributed by atoms with Gasteiger partial charge in [-0.25, -0.2) is 0 Å². The molecule has 5 heteroatoms. The molecule has 0 spiro atoms. The molecule has 0 aromatic rings. The Labute approximate surface area is 122 Å². The van der Waals surface area contributed by atoms with Crippen molar-refractivity contribution < 1.29 is 14.3 Å². The summed E-state index contributed by atoms with van der Waals surface area (Å²) in [5.74, 6) is -0.0683. The first-order valence-corrected chi connectivity index (χ1v) is 7.34. The molecule has 1 aliphatic rings. The van der Waals surface area contributed by atoms with Crippen molar-refractivity contribution in [1.82, 2.24) is 10.2 Å². The number of ether oxygens (including phenoxy) is 1. The Morgan fingerprint density at radius 3 is 2.45 bits per heavy atom. The first kappa shape index (κ1) is 17.0. The Balaban J connectivity index is 2.83. The maximum Gasteiger partial charge on any atom is 0.246 e. The molecule has 0 saturated carbocycles. The summed E-state index contributed by atoms with van der Waals surface area (Å²) in [4.78, 5) is 26.4. The van der Waals surface area contributed by atoms with Gasteiger partial charge in [-0.1, -0.05) is 20.8 Å². The number of nitrogens with zero attached hydrogens (tertiary/aromatic N) is 1. The monoisotopic (exact) mass is 284 g/mol. The van der Waals surface area contributed by atoms with Crippen LogP contribution in [0.4, 0.5) is 0 Å². The largest absolute Gasteiger partial charge is 0.377 e. The molecule has 0 aliphatic carbocycles. The SMILES string of the molecule is CC(C)OCCN1C(=O)C(C(C)(C)C)NC(=O)CC1C. The summed E-state index contributed by atoms with van der Waals surface area (Å²) in [6.07, 6.45) is 0.491. The summed E-state index contributed by atoms with van der Waals surface area (Å²) >= 11 is 0. The van der Waals surface area contributed by atoms with E-state index in [-0.39, 0.29) is 29.4 Å². The predicted molar refractivity (Wildman–Crippen MR) is 78.3 cm³/mol. The third kappa shape index (κ3) is 4.47. The second-order valence-electron chi connectivity index (χ2n) is 6.87. The molecule has 2 unspecified atom stereocenters. The van der Waals surface area contributed by atoms with E-state index in [1.807, 2.05) is 41.5 Å². The zero-order valence-corrected chi connectivity index (χ0v) is 13.5. The lowest BCUT2D eigenvalue weighted by molar-refractivity contribution is -0.138. The summed E-state index contributed by atoms with van der Waals surface area (Å²) in [7, 11) is 0. The molecule has 1 rings (SSSR count). The summed E-state index contributed by atoms with van der Waals surface area (Å²) in [6, 6.07) is -0.565. The van der Waals surface area contributed by atoms with E-state index in [1.165, 1.54) is 0 Å². The van der Waals surface area contributed by atoms with Crippen molar-refractivity contribution >= 4 is 11.8 Å². The van der Waals surface area contributed by atoms with Gasteiger partial charge in [-0.3, -0.25) is 9.59 Å². The lowest BCUT2D eigenvalue weighted by Crippen LogP contribution is -2.53. The van der Waals surface area contributed by atoms with Crippen LogP contribution < -0.4 is 5.32 Å². The number of nitrogens with one attached hydrogen (secondary N) is 1. The van der Waals surface area contributed by atoms with E-state index < -0.39 is 6.04 Å². The Hall–Kier alpha value is -1.10. The van der Waals surface area contributed by atoms with Gasteiger partial charge >= 0.3 is 0 Å². The molecule has 1 fully saturated rings. The minimum absolute atomic E-state index is 0.0109. The Kier molecular flexibility index (Phi) is 5.57. The van der Waals surface area contributed by atoms with Crippen LogP contribution in [0.1, 0.15) is 48.0 Å². The standard InChI is InChI=1S/C15H28N2O3/c1-10(2)20-8-7-17-11(3)9-12(18)16-13(14(17)19)15(4,5)6/h10-11,13H,7-9H2,1-6H3,(H,16,18). The zero-order chi connectivity index (χ0) is 15.5. The summed E-state index contributed by atoms with van der Waals surface area (Å²) in [5.41, 5.74) is -0.298. The highest BCUT2D eigenvalue weighted by atomic mass is 16.5. The van der Waals surface area contributed by atoms with Gasteiger partial charge < -0.3 is 15.0 Å². The van der Waals surface area contributed by atoms with Crippen molar-refractivity contribution in [3.63, 3.8) is 0 Å². The van der Waals surface area contributed by atoms with Crippen molar-refractivity contribution in [3.8, 4) is 0 Å². The van der Waals surface area contributed by atoms with Gasteiger partial charge in [0.05, 0.1) is 12.7 Å². The molecule has 0 bridgehead atoms. The van der Waals surface area contributed by atoms with Gasteiger partial charge in [0.15, 0.2) is 0 Å². The summed E-state index contributed by atoms with van der Waals surface area (Å²) in [5, 5.41) is 2.86. The van der Waals surface area contributed by atoms with Crippen molar-refractivity contribution in [1.29, 1.82) is 0 Å². The van der Waals surface area contributed by atoms with Crippen LogP contribution >= 0.6 is 0 Å². The molecule has 1 heterocycles. The van der Waals surface area contributed by atoms with Gasteiger partial charge in [0, 0.05) is 19.0 Å². The predicted octanol–water partition coefficient (Wildman–Crippen LogP) is 1.56. The Morgan fingerprint density at radius 1 is 1.35 bits per heavy atom. The molecule has 20 heavy (non-hydrogen) atoms. The first-order chi connectivity index (χ1) is 9.12. The average molecular weight is 284 g/mol. The zero-order valence-electron chi connectivity index (χ0n) is 13.5. The molecule has 1 saturated heterocycles. The molecule has 0 aromatic carbocycles. The van der Waals surface area contributed by atoms with Crippen molar-refractivity contribution in [2.75, 3.05) is 13.2 Å². The topological polar surface area (TPSA) is 58.6 Å². The molecule has 0 radical (unpaired) electrons. The van der Waals surface area contributed by atoms with Gasteiger partial charge in [-0.05, 0) is 26.2 Å². The van der Waals surface area contributed by atoms with Crippen LogP contribution in [-0.4, -0.2) is 48.1 Å². The highest BCUT2D eigenvalue weighted by Gasteiger charge is 2.40. The maximum absolute atomic E-state index is 12.7. The van der Waals surface area contributed by atoms with Crippen molar-refractivity contribution in [2.24, 2.45) is 5.41 Å². The second-order valence-corrected chi connectivity index (χ2v) is 6.87. The highest BCUT2D eigenvalue weighted by molar-refractivity contribution is 5.91. The van der Waals surface area contributed by atoms with Crippen LogP contribution in [0.2, 0.25) is 0 Å². The molecular formula is C15H28N2O3. The minimum Gasteiger partial charge on any atom is -0.377 e. The normalized spacial score (nSPS) is 24.9. The van der Waals surface area contributed by atoms with E-state index in [0.29, 0.717) is 19.6 Å². The van der Waals surface area contributed by atoms with Gasteiger partial charge in [-0.15, -0.1) is 0 Å². The third-order valence-electron chi connectivity index (χ3n) is 3.50. The first-order valence-electron chi connectivity index (χ1n) is 7.34. The molecule has 116 valence electrons. The fourth-order valence-electron chi connectivity index (χ4n) is 2.35. The Morgan fingerprint density at radius 2 is 1.95 bits per heavy atom. The maximum atomic E-state index is 12.7. The van der Waals surface area contributed by atoms with E-state index in [4.69, 9.17) is 4.74 Å². The van der Waals surface area contributed by atoms with Crippen LogP contribution in [0.15, 0.2) is 0 Å². The number of hydrogen-bond donors (Lipinski definition) is 1. The van der Waals surface area contributed by atoms with E-state index in [1.54, 1.807) is 4.90 Å². The van der Waals surface area contributed by atoms with Crippen LogP contribution in [0, 0.1) is 5.41 Å². The van der Waals surface area contributed by atoms with Gasteiger partial charge in [0.2, 0.25) is 11.8 Å². The summed E-state index contributed by atoms with van der Waals surface area (Å²) < 4.78 is 5.53. The lowest BCUT2D eigenvalue weighted by atomic mass is 9.86. The quantitative estimate of drug-likeness (QED) is 0.852. The van der Waals surface area contributed by atoms with Crippen molar-refractivity contribution in [3.05, 3.63) is 0 Å². The molecular weight excluding hydrogens is 256 g/mol. The van der Waals surface area contributed by atoms with Crippen molar-refractivity contribution in [2.45, 2.75) is 66.2 Å². The van der Waals surface area contributed by atoms with Crippen LogP contribution in [0.5, 0.6) is 0 Å². The smallest absolute Gasteiger partial charge is 0.246 e. The number of amides is 2. The van der Waals surface area contributed by atoms with E-state index >= 15 is 0 Å². The van der Waals surface area contributed by atoms with Crippen LogP contribution in [-0.2, 0) is 14.3 Å². The highest BCUT2D eigenvalue weighted by Crippen LogP contribution is 2.24. The van der Waals surface area contributed by atoms with E-state index in [0.717, 1.165) is 0 Å². The fourth-order valence-corrected chi connectivity index (χ4v) is 2.35. The Bertz CT molecular complexity index is 361. The number of hydrogen-bond acceptors (Lipinski definition) is 3. The van der Waals surface area contributed by atoms with Gasteiger partial charge in [0.1, 0.15) is 6.04 Å². The van der Waals surface area contributed by atoms with E-state index in [9.17, 15) is 9.59 Å². The van der Waals surface area contributed by atoms with Crippen LogP contribution in [0.25, 0.3) is 0 Å². The molecule has 2 amide bonds. The lowest BCUT2D eigenvalue weighted by Gasteiger charge is -2.34. The average Bonchev–Trinajstić information content (AvgIpc) is 2.38. The number of carbonyl (C=O) groups is 2. The number of rotatable bonds is 4. The molecule has 1 N–H and O–H groups in total. The minimum atomic E-state index is -0.473. The third-order valence-corrected chi connectivity index (χ3v) is 3.50.